The van der Waals surface area contributed by atoms with Gasteiger partial charge in [0.15, 0.2) is 0 Å². The number of nitrogens with one attached hydrogen (secondary N) is 2. The lowest BCUT2D eigenvalue weighted by atomic mass is 9.62. The SMILES string of the molecule is CCCC(C)NC(=O)C1N([C@@H](CO)CC(C)C)C(=O)[C@@H]2[C@@H](C(=O)Nc3ccc(OCC)cc3)[C@]3(C)OC12CC3C. The summed E-state index contributed by atoms with van der Waals surface area (Å²) in [6.07, 6.45) is 2.74. The van der Waals surface area contributed by atoms with Crippen LogP contribution in [0, 0.1) is 23.7 Å². The summed E-state index contributed by atoms with van der Waals surface area (Å²) in [6.45, 7) is 14.2. The second kappa shape index (κ2) is 11.7. The Morgan fingerprint density at radius 1 is 1.18 bits per heavy atom. The zero-order valence-corrected chi connectivity index (χ0v) is 25.0. The lowest BCUT2D eigenvalue weighted by Crippen LogP contribution is -2.59. The van der Waals surface area contributed by atoms with Crippen LogP contribution in [0.2, 0.25) is 0 Å². The van der Waals surface area contributed by atoms with E-state index in [0.29, 0.717) is 30.9 Å². The number of likely N-dealkylation sites (tertiary alicyclic amines) is 1. The zero-order chi connectivity index (χ0) is 29.4. The molecule has 8 atom stereocenters. The minimum atomic E-state index is -1.15. The Balaban J connectivity index is 1.73. The monoisotopic (exact) mass is 557 g/mol. The standard InChI is InChI=1S/C31H47N3O6/c1-8-10-20(6)32-28(37)26-31-16-19(5)30(7,40-31)24(25(31)29(38)34(26)22(17-35)15-18(3)4)27(36)33-21-11-13-23(14-12-21)39-9-2/h11-14,18-20,22,24-26,35H,8-10,15-17H2,1-7H3,(H,32,37)(H,33,36)/t19?,20?,22-,24+,25+,26?,30-,31?/m1/s1. The predicted octanol–water partition coefficient (Wildman–Crippen LogP) is 3.75. The summed E-state index contributed by atoms with van der Waals surface area (Å²) in [4.78, 5) is 43.9. The Labute approximate surface area is 238 Å². The molecule has 0 saturated carbocycles. The average molecular weight is 558 g/mol. The van der Waals surface area contributed by atoms with Crippen LogP contribution >= 0.6 is 0 Å². The van der Waals surface area contributed by atoms with Crippen LogP contribution < -0.4 is 15.4 Å². The fourth-order valence-electron chi connectivity index (χ4n) is 7.44. The van der Waals surface area contributed by atoms with Gasteiger partial charge in [0.1, 0.15) is 17.4 Å². The van der Waals surface area contributed by atoms with Gasteiger partial charge in [-0.15, -0.1) is 0 Å². The molecule has 4 unspecified atom stereocenters. The van der Waals surface area contributed by atoms with Crippen LogP contribution in [-0.2, 0) is 19.1 Å². The number of anilines is 1. The first-order valence-electron chi connectivity index (χ1n) is 14.9. The number of amides is 3. The maximum absolute atomic E-state index is 14.4. The van der Waals surface area contributed by atoms with Crippen molar-refractivity contribution in [1.29, 1.82) is 0 Å². The lowest BCUT2D eigenvalue weighted by Gasteiger charge is -2.38. The summed E-state index contributed by atoms with van der Waals surface area (Å²) in [5.74, 6) is -1.64. The number of ether oxygens (including phenoxy) is 2. The summed E-state index contributed by atoms with van der Waals surface area (Å²) in [5.41, 5.74) is -1.46. The molecule has 0 aliphatic carbocycles. The third-order valence-corrected chi connectivity index (χ3v) is 9.17. The van der Waals surface area contributed by atoms with E-state index < -0.39 is 35.1 Å². The van der Waals surface area contributed by atoms with Gasteiger partial charge in [0.2, 0.25) is 17.7 Å². The molecule has 1 aromatic carbocycles. The van der Waals surface area contributed by atoms with Gasteiger partial charge >= 0.3 is 0 Å². The van der Waals surface area contributed by atoms with Crippen molar-refractivity contribution in [2.75, 3.05) is 18.5 Å². The fourth-order valence-corrected chi connectivity index (χ4v) is 7.44. The molecule has 3 heterocycles. The maximum Gasteiger partial charge on any atom is 0.246 e. The van der Waals surface area contributed by atoms with Crippen LogP contribution in [0.25, 0.3) is 0 Å². The molecule has 1 spiro atoms. The molecule has 3 saturated heterocycles. The van der Waals surface area contributed by atoms with Crippen LogP contribution in [0.4, 0.5) is 5.69 Å². The largest absolute Gasteiger partial charge is 0.494 e. The highest BCUT2D eigenvalue weighted by molar-refractivity contribution is 6.02. The zero-order valence-electron chi connectivity index (χ0n) is 25.0. The number of aliphatic hydroxyl groups excluding tert-OH is 1. The minimum absolute atomic E-state index is 0.0615. The van der Waals surface area contributed by atoms with Crippen LogP contribution in [-0.4, -0.2) is 70.3 Å². The van der Waals surface area contributed by atoms with Gasteiger partial charge in [-0.1, -0.05) is 34.1 Å². The van der Waals surface area contributed by atoms with E-state index in [-0.39, 0.29) is 42.2 Å². The van der Waals surface area contributed by atoms with Gasteiger partial charge in [-0.2, -0.15) is 0 Å². The van der Waals surface area contributed by atoms with E-state index in [1.165, 1.54) is 0 Å². The van der Waals surface area contributed by atoms with Crippen molar-refractivity contribution in [2.45, 2.75) is 103 Å². The summed E-state index contributed by atoms with van der Waals surface area (Å²) >= 11 is 0. The molecule has 0 radical (unpaired) electrons. The molecule has 222 valence electrons. The fraction of sp³-hybridized carbons (Fsp3) is 0.710. The number of rotatable bonds is 12. The third kappa shape index (κ3) is 5.11. The Bertz CT molecular complexity index is 1090. The number of fused-ring (bicyclic) bond motifs is 1. The van der Waals surface area contributed by atoms with Gasteiger partial charge < -0.3 is 30.1 Å². The molecule has 40 heavy (non-hydrogen) atoms. The van der Waals surface area contributed by atoms with E-state index in [4.69, 9.17) is 9.47 Å². The van der Waals surface area contributed by atoms with E-state index in [2.05, 4.69) is 17.6 Å². The Morgan fingerprint density at radius 3 is 2.42 bits per heavy atom. The van der Waals surface area contributed by atoms with E-state index >= 15 is 0 Å². The van der Waals surface area contributed by atoms with Crippen molar-refractivity contribution < 1.29 is 29.0 Å². The normalized spacial score (nSPS) is 32.2. The highest BCUT2D eigenvalue weighted by Gasteiger charge is 2.80. The van der Waals surface area contributed by atoms with E-state index in [1.807, 2.05) is 41.5 Å². The van der Waals surface area contributed by atoms with Gasteiger partial charge in [-0.05, 0) is 76.1 Å². The maximum atomic E-state index is 14.4. The van der Waals surface area contributed by atoms with Crippen LogP contribution in [0.3, 0.4) is 0 Å². The first kappa shape index (κ1) is 30.3. The van der Waals surface area contributed by atoms with E-state index in [1.54, 1.807) is 29.2 Å². The van der Waals surface area contributed by atoms with E-state index in [0.717, 1.165) is 12.8 Å². The highest BCUT2D eigenvalue weighted by Crippen LogP contribution is 2.65. The van der Waals surface area contributed by atoms with Crippen LogP contribution in [0.5, 0.6) is 5.75 Å². The van der Waals surface area contributed by atoms with Crippen molar-refractivity contribution >= 4 is 23.4 Å². The highest BCUT2D eigenvalue weighted by atomic mass is 16.5. The number of nitrogens with zero attached hydrogens (tertiary/aromatic N) is 1. The molecular formula is C31H47N3O6. The molecule has 3 aliphatic heterocycles. The van der Waals surface area contributed by atoms with Crippen molar-refractivity contribution in [1.82, 2.24) is 10.2 Å². The smallest absolute Gasteiger partial charge is 0.246 e. The predicted molar refractivity (Wildman–Crippen MR) is 153 cm³/mol. The third-order valence-electron chi connectivity index (χ3n) is 9.17. The van der Waals surface area contributed by atoms with Crippen molar-refractivity contribution in [3.63, 3.8) is 0 Å². The first-order chi connectivity index (χ1) is 18.9. The Kier molecular flexibility index (Phi) is 8.85. The molecule has 9 nitrogen and oxygen atoms in total. The lowest BCUT2D eigenvalue weighted by molar-refractivity contribution is -0.150. The van der Waals surface area contributed by atoms with Crippen molar-refractivity contribution in [3.05, 3.63) is 24.3 Å². The van der Waals surface area contributed by atoms with Gasteiger partial charge in [0.05, 0.1) is 36.7 Å². The summed E-state index contributed by atoms with van der Waals surface area (Å²) in [6, 6.07) is 5.58. The number of benzene rings is 1. The van der Waals surface area contributed by atoms with Gasteiger partial charge in [0, 0.05) is 11.7 Å². The van der Waals surface area contributed by atoms with E-state index in [9.17, 15) is 19.5 Å². The minimum Gasteiger partial charge on any atom is -0.494 e. The molecule has 1 aromatic rings. The van der Waals surface area contributed by atoms with Gasteiger partial charge in [0.25, 0.3) is 0 Å². The quantitative estimate of drug-likeness (QED) is 0.360. The van der Waals surface area contributed by atoms with Crippen LogP contribution in [0.1, 0.15) is 74.1 Å². The molecular weight excluding hydrogens is 510 g/mol. The topological polar surface area (TPSA) is 117 Å². The number of hydrogen-bond acceptors (Lipinski definition) is 6. The Morgan fingerprint density at radius 2 is 1.85 bits per heavy atom. The second-order valence-corrected chi connectivity index (χ2v) is 12.6. The number of carbonyl (C=O) groups is 3. The molecule has 4 rings (SSSR count). The van der Waals surface area contributed by atoms with Crippen molar-refractivity contribution in [2.24, 2.45) is 23.7 Å². The molecule has 9 heteroatoms. The number of aliphatic hydroxyl groups is 1. The first-order valence-corrected chi connectivity index (χ1v) is 14.9. The molecule has 0 aromatic heterocycles. The summed E-state index contributed by atoms with van der Waals surface area (Å²) in [7, 11) is 0. The van der Waals surface area contributed by atoms with Gasteiger partial charge in [-0.3, -0.25) is 14.4 Å². The number of carbonyl (C=O) groups excluding carboxylic acids is 3. The Hall–Kier alpha value is -2.65. The van der Waals surface area contributed by atoms with Crippen molar-refractivity contribution in [3.8, 4) is 5.75 Å². The van der Waals surface area contributed by atoms with Crippen LogP contribution in [0.15, 0.2) is 24.3 Å². The molecule has 3 aliphatic rings. The molecule has 3 N–H and O–H groups in total. The summed E-state index contributed by atoms with van der Waals surface area (Å²) in [5, 5.41) is 16.5. The van der Waals surface area contributed by atoms with Gasteiger partial charge in [-0.25, -0.2) is 0 Å². The summed E-state index contributed by atoms with van der Waals surface area (Å²) < 4.78 is 12.3. The molecule has 3 fully saturated rings. The second-order valence-electron chi connectivity index (χ2n) is 12.6. The molecule has 2 bridgehead atoms. The number of hydrogen-bond donors (Lipinski definition) is 3. The molecule has 3 amide bonds. The average Bonchev–Trinajstić information content (AvgIpc) is 3.40.